The number of carbonyl (C=O) groups is 1. The SMILES string of the molecule is CNC(=O)Cn1ccc2c(OC)cc(OC)cc21. The lowest BCUT2D eigenvalue weighted by atomic mass is 10.2. The van der Waals surface area contributed by atoms with Gasteiger partial charge in [0.1, 0.15) is 18.0 Å². The third-order valence-electron chi connectivity index (χ3n) is 2.87. The molecule has 0 radical (unpaired) electrons. The van der Waals surface area contributed by atoms with Gasteiger partial charge >= 0.3 is 0 Å². The number of hydrogen-bond donors (Lipinski definition) is 1. The highest BCUT2D eigenvalue weighted by molar-refractivity contribution is 5.89. The van der Waals surface area contributed by atoms with Crippen molar-refractivity contribution < 1.29 is 14.3 Å². The van der Waals surface area contributed by atoms with E-state index in [1.807, 2.05) is 29.0 Å². The molecule has 0 aliphatic carbocycles. The maximum Gasteiger partial charge on any atom is 0.239 e. The fourth-order valence-electron chi connectivity index (χ4n) is 1.90. The number of ether oxygens (including phenoxy) is 2. The molecule has 1 heterocycles. The van der Waals surface area contributed by atoms with Crippen molar-refractivity contribution in [3.05, 3.63) is 24.4 Å². The molecule has 1 amide bonds. The molecule has 5 nitrogen and oxygen atoms in total. The van der Waals surface area contributed by atoms with E-state index in [1.54, 1.807) is 21.3 Å². The lowest BCUT2D eigenvalue weighted by molar-refractivity contribution is -0.121. The first-order valence-corrected chi connectivity index (χ1v) is 5.61. The van der Waals surface area contributed by atoms with Crippen LogP contribution >= 0.6 is 0 Å². The molecule has 1 aromatic carbocycles. The van der Waals surface area contributed by atoms with Gasteiger partial charge in [0.05, 0.1) is 19.7 Å². The van der Waals surface area contributed by atoms with Crippen LogP contribution in [0, 0.1) is 0 Å². The summed E-state index contributed by atoms with van der Waals surface area (Å²) in [5, 5.41) is 3.56. The topological polar surface area (TPSA) is 52.5 Å². The van der Waals surface area contributed by atoms with Crippen LogP contribution < -0.4 is 14.8 Å². The maximum atomic E-state index is 11.4. The van der Waals surface area contributed by atoms with Crippen molar-refractivity contribution in [2.45, 2.75) is 6.54 Å². The first kappa shape index (κ1) is 12.3. The van der Waals surface area contributed by atoms with Crippen LogP contribution in [-0.4, -0.2) is 31.7 Å². The summed E-state index contributed by atoms with van der Waals surface area (Å²) in [5.41, 5.74) is 0.912. The monoisotopic (exact) mass is 248 g/mol. The number of likely N-dealkylation sites (N-methyl/N-ethyl adjacent to an activating group) is 1. The van der Waals surface area contributed by atoms with Gasteiger partial charge in [-0.3, -0.25) is 4.79 Å². The predicted molar refractivity (Wildman–Crippen MR) is 69.1 cm³/mol. The molecule has 0 spiro atoms. The number of carbonyl (C=O) groups excluding carboxylic acids is 1. The predicted octanol–water partition coefficient (Wildman–Crippen LogP) is 1.40. The van der Waals surface area contributed by atoms with Gasteiger partial charge in [0.25, 0.3) is 0 Å². The van der Waals surface area contributed by atoms with E-state index in [1.165, 1.54) is 0 Å². The molecule has 0 aliphatic rings. The van der Waals surface area contributed by atoms with Gasteiger partial charge in [-0.25, -0.2) is 0 Å². The quantitative estimate of drug-likeness (QED) is 0.890. The van der Waals surface area contributed by atoms with Gasteiger partial charge in [-0.2, -0.15) is 0 Å². The van der Waals surface area contributed by atoms with E-state index in [0.29, 0.717) is 5.75 Å². The molecule has 18 heavy (non-hydrogen) atoms. The van der Waals surface area contributed by atoms with Gasteiger partial charge in [0.2, 0.25) is 5.91 Å². The van der Waals surface area contributed by atoms with E-state index >= 15 is 0 Å². The van der Waals surface area contributed by atoms with Crippen LogP contribution in [-0.2, 0) is 11.3 Å². The molecule has 0 atom stereocenters. The van der Waals surface area contributed by atoms with Crippen molar-refractivity contribution in [3.63, 3.8) is 0 Å². The van der Waals surface area contributed by atoms with Crippen LogP contribution in [0.15, 0.2) is 24.4 Å². The first-order chi connectivity index (χ1) is 8.69. The first-order valence-electron chi connectivity index (χ1n) is 5.61. The number of rotatable bonds is 4. The molecular weight excluding hydrogens is 232 g/mol. The molecule has 0 saturated carbocycles. The molecular formula is C13H16N2O3. The summed E-state index contributed by atoms with van der Waals surface area (Å²) in [6.45, 7) is 0.274. The second kappa shape index (κ2) is 5.00. The second-order valence-corrected chi connectivity index (χ2v) is 3.88. The molecule has 2 rings (SSSR count). The number of hydrogen-bond acceptors (Lipinski definition) is 3. The van der Waals surface area contributed by atoms with Crippen molar-refractivity contribution in [3.8, 4) is 11.5 Å². The van der Waals surface area contributed by atoms with Crippen LogP contribution in [0.1, 0.15) is 0 Å². The van der Waals surface area contributed by atoms with Crippen LogP contribution in [0.3, 0.4) is 0 Å². The van der Waals surface area contributed by atoms with Crippen LogP contribution in [0.4, 0.5) is 0 Å². The third kappa shape index (κ3) is 2.11. The minimum Gasteiger partial charge on any atom is -0.497 e. The fourth-order valence-corrected chi connectivity index (χ4v) is 1.90. The molecule has 0 bridgehead atoms. The largest absolute Gasteiger partial charge is 0.497 e. The summed E-state index contributed by atoms with van der Waals surface area (Å²) in [5.74, 6) is 1.39. The maximum absolute atomic E-state index is 11.4. The molecule has 2 aromatic rings. The van der Waals surface area contributed by atoms with Gasteiger partial charge in [-0.15, -0.1) is 0 Å². The molecule has 0 fully saturated rings. The number of benzene rings is 1. The Morgan fingerprint density at radius 1 is 1.33 bits per heavy atom. The minimum absolute atomic E-state index is 0.0470. The highest BCUT2D eigenvalue weighted by Crippen LogP contribution is 2.31. The number of nitrogens with one attached hydrogen (secondary N) is 1. The average Bonchev–Trinajstić information content (AvgIpc) is 2.80. The second-order valence-electron chi connectivity index (χ2n) is 3.88. The fraction of sp³-hybridized carbons (Fsp3) is 0.308. The average molecular weight is 248 g/mol. The van der Waals surface area contributed by atoms with E-state index < -0.39 is 0 Å². The number of amides is 1. The number of methoxy groups -OCH3 is 2. The Morgan fingerprint density at radius 2 is 2.11 bits per heavy atom. The van der Waals surface area contributed by atoms with Crippen LogP contribution in [0.25, 0.3) is 10.9 Å². The Labute approximate surface area is 105 Å². The molecule has 5 heteroatoms. The number of aromatic nitrogens is 1. The van der Waals surface area contributed by atoms with Gasteiger partial charge in [0, 0.05) is 30.8 Å². The molecule has 1 N–H and O–H groups in total. The van der Waals surface area contributed by atoms with E-state index in [2.05, 4.69) is 5.32 Å². The highest BCUT2D eigenvalue weighted by atomic mass is 16.5. The normalized spacial score (nSPS) is 10.4. The van der Waals surface area contributed by atoms with Gasteiger partial charge in [-0.05, 0) is 6.07 Å². The summed E-state index contributed by atoms with van der Waals surface area (Å²) in [4.78, 5) is 11.4. The Bertz CT molecular complexity index is 575. The van der Waals surface area contributed by atoms with Crippen LogP contribution in [0.5, 0.6) is 11.5 Å². The van der Waals surface area contributed by atoms with Crippen molar-refractivity contribution in [2.75, 3.05) is 21.3 Å². The van der Waals surface area contributed by atoms with Crippen molar-refractivity contribution in [1.29, 1.82) is 0 Å². The number of nitrogens with zero attached hydrogens (tertiary/aromatic N) is 1. The van der Waals surface area contributed by atoms with Crippen LogP contribution in [0.2, 0.25) is 0 Å². The zero-order valence-corrected chi connectivity index (χ0v) is 10.7. The molecule has 1 aromatic heterocycles. The summed E-state index contributed by atoms with van der Waals surface area (Å²) >= 11 is 0. The molecule has 96 valence electrons. The zero-order valence-electron chi connectivity index (χ0n) is 10.7. The highest BCUT2D eigenvalue weighted by Gasteiger charge is 2.10. The summed E-state index contributed by atoms with van der Waals surface area (Å²) in [6.07, 6.45) is 1.86. The van der Waals surface area contributed by atoms with Crippen molar-refractivity contribution in [2.24, 2.45) is 0 Å². The van der Waals surface area contributed by atoms with E-state index in [0.717, 1.165) is 16.7 Å². The Balaban J connectivity index is 2.53. The van der Waals surface area contributed by atoms with Gasteiger partial charge in [-0.1, -0.05) is 0 Å². The Hall–Kier alpha value is -2.17. The molecule has 0 saturated heterocycles. The van der Waals surface area contributed by atoms with Crippen molar-refractivity contribution in [1.82, 2.24) is 9.88 Å². The Morgan fingerprint density at radius 3 is 2.72 bits per heavy atom. The van der Waals surface area contributed by atoms with E-state index in [9.17, 15) is 4.79 Å². The molecule has 0 aliphatic heterocycles. The van der Waals surface area contributed by atoms with Crippen molar-refractivity contribution >= 4 is 16.8 Å². The lowest BCUT2D eigenvalue weighted by Crippen LogP contribution is -2.22. The summed E-state index contributed by atoms with van der Waals surface area (Å²) in [7, 11) is 4.84. The smallest absolute Gasteiger partial charge is 0.239 e. The van der Waals surface area contributed by atoms with Gasteiger partial charge in [0.15, 0.2) is 0 Å². The lowest BCUT2D eigenvalue weighted by Gasteiger charge is -2.08. The molecule has 0 unspecified atom stereocenters. The summed E-state index contributed by atoms with van der Waals surface area (Å²) in [6, 6.07) is 5.64. The standard InChI is InChI=1S/C13H16N2O3/c1-14-13(16)8-15-5-4-10-11(15)6-9(17-2)7-12(10)18-3/h4-7H,8H2,1-3H3,(H,14,16). The van der Waals surface area contributed by atoms with E-state index in [4.69, 9.17) is 9.47 Å². The Kier molecular flexibility index (Phi) is 3.41. The number of fused-ring (bicyclic) bond motifs is 1. The summed E-state index contributed by atoms with van der Waals surface area (Å²) < 4.78 is 12.4. The minimum atomic E-state index is -0.0470. The third-order valence-corrected chi connectivity index (χ3v) is 2.87. The van der Waals surface area contributed by atoms with Gasteiger partial charge < -0.3 is 19.4 Å². The zero-order chi connectivity index (χ0) is 13.1. The van der Waals surface area contributed by atoms with E-state index in [-0.39, 0.29) is 12.5 Å².